The number of nitrogens with zero attached hydrogens (tertiary/aromatic N) is 3. The Hall–Kier alpha value is -3.24. The smallest absolute Gasteiger partial charge is 0.374 e. The van der Waals surface area contributed by atoms with Gasteiger partial charge in [0.05, 0.1) is 4.92 Å². The summed E-state index contributed by atoms with van der Waals surface area (Å²) in [5.41, 5.74) is 5.37. The summed E-state index contributed by atoms with van der Waals surface area (Å²) < 4.78 is 6.36. The van der Waals surface area contributed by atoms with Gasteiger partial charge in [-0.25, -0.2) is 4.98 Å². The van der Waals surface area contributed by atoms with E-state index < -0.39 is 16.5 Å². The van der Waals surface area contributed by atoms with E-state index >= 15 is 0 Å². The molecule has 1 aromatic heterocycles. The van der Waals surface area contributed by atoms with Crippen LogP contribution in [0, 0.1) is 17.0 Å². The number of amides is 1. The lowest BCUT2D eigenvalue weighted by atomic mass is 10.2. The molecular formula is C18H13BrClN5O4. The summed E-state index contributed by atoms with van der Waals surface area (Å²) in [5.74, 6) is -0.692. The average molecular weight is 479 g/mol. The highest BCUT2D eigenvalue weighted by molar-refractivity contribution is 9.10. The van der Waals surface area contributed by atoms with Gasteiger partial charge in [-0.2, -0.15) is 4.98 Å². The molecule has 0 aliphatic carbocycles. The van der Waals surface area contributed by atoms with Gasteiger partial charge in [0.25, 0.3) is 5.91 Å². The van der Waals surface area contributed by atoms with Crippen LogP contribution in [0.2, 0.25) is 5.02 Å². The lowest BCUT2D eigenvalue weighted by molar-refractivity contribution is -0.385. The Bertz CT molecular complexity index is 1080. The number of anilines is 1. The lowest BCUT2D eigenvalue weighted by Gasteiger charge is -2.11. The molecule has 0 atom stereocenters. The molecule has 3 rings (SSSR count). The zero-order valence-corrected chi connectivity index (χ0v) is 17.2. The molecule has 0 saturated heterocycles. The van der Waals surface area contributed by atoms with Crippen LogP contribution in [0.4, 0.5) is 11.5 Å². The Labute approximate surface area is 178 Å². The van der Waals surface area contributed by atoms with Gasteiger partial charge >= 0.3 is 11.6 Å². The first-order chi connectivity index (χ1) is 13.8. The fourth-order valence-electron chi connectivity index (χ4n) is 2.28. The van der Waals surface area contributed by atoms with Gasteiger partial charge in [0.1, 0.15) is 12.1 Å². The first-order valence-electron chi connectivity index (χ1n) is 8.10. The summed E-state index contributed by atoms with van der Waals surface area (Å²) in [4.78, 5) is 30.7. The van der Waals surface area contributed by atoms with Crippen molar-refractivity contribution in [1.29, 1.82) is 0 Å². The monoisotopic (exact) mass is 477 g/mol. The van der Waals surface area contributed by atoms with Crippen LogP contribution in [0.3, 0.4) is 0 Å². The SMILES string of the molecule is Cc1cc(Oc2ncnc(NNC(=O)c3ccc(Br)cc3)c2[N+](=O)[O-])ccc1Cl. The molecule has 2 N–H and O–H groups in total. The number of aryl methyl sites for hydroxylation is 1. The average Bonchev–Trinajstić information content (AvgIpc) is 2.69. The predicted molar refractivity (Wildman–Crippen MR) is 110 cm³/mol. The van der Waals surface area contributed by atoms with Crippen LogP contribution < -0.4 is 15.6 Å². The number of carbonyl (C=O) groups is 1. The topological polar surface area (TPSA) is 119 Å². The molecule has 0 aliphatic rings. The Morgan fingerprint density at radius 1 is 1.21 bits per heavy atom. The van der Waals surface area contributed by atoms with Gasteiger partial charge in [0, 0.05) is 15.1 Å². The molecule has 3 aromatic rings. The van der Waals surface area contributed by atoms with Crippen LogP contribution >= 0.6 is 27.5 Å². The van der Waals surface area contributed by atoms with E-state index in [1.807, 2.05) is 0 Å². The van der Waals surface area contributed by atoms with Crippen molar-refractivity contribution in [3.8, 4) is 11.6 Å². The van der Waals surface area contributed by atoms with Crippen LogP contribution in [0.25, 0.3) is 0 Å². The molecular weight excluding hydrogens is 466 g/mol. The molecule has 9 nitrogen and oxygen atoms in total. The molecule has 11 heteroatoms. The van der Waals surface area contributed by atoms with Gasteiger partial charge in [-0.15, -0.1) is 0 Å². The first-order valence-corrected chi connectivity index (χ1v) is 9.27. The van der Waals surface area contributed by atoms with Crippen molar-refractivity contribution in [2.45, 2.75) is 6.92 Å². The molecule has 0 aliphatic heterocycles. The number of nitro groups is 1. The molecule has 148 valence electrons. The Balaban J connectivity index is 1.82. The molecule has 0 radical (unpaired) electrons. The highest BCUT2D eigenvalue weighted by Gasteiger charge is 2.25. The summed E-state index contributed by atoms with van der Waals surface area (Å²) in [7, 11) is 0. The molecule has 0 fully saturated rings. The Morgan fingerprint density at radius 2 is 1.93 bits per heavy atom. The van der Waals surface area contributed by atoms with Gasteiger partial charge in [-0.3, -0.25) is 25.8 Å². The van der Waals surface area contributed by atoms with E-state index in [4.69, 9.17) is 16.3 Å². The molecule has 0 spiro atoms. The fraction of sp³-hybridized carbons (Fsp3) is 0.0556. The van der Waals surface area contributed by atoms with E-state index in [1.54, 1.807) is 49.4 Å². The van der Waals surface area contributed by atoms with E-state index in [0.717, 1.165) is 16.4 Å². The molecule has 29 heavy (non-hydrogen) atoms. The van der Waals surface area contributed by atoms with E-state index in [9.17, 15) is 14.9 Å². The number of hydrogen-bond donors (Lipinski definition) is 2. The number of carbonyl (C=O) groups excluding carboxylic acids is 1. The molecule has 2 aromatic carbocycles. The van der Waals surface area contributed by atoms with Gasteiger partial charge in [0.15, 0.2) is 0 Å². The van der Waals surface area contributed by atoms with Crippen molar-refractivity contribution in [2.24, 2.45) is 0 Å². The normalized spacial score (nSPS) is 10.3. The maximum Gasteiger partial charge on any atom is 0.374 e. The third kappa shape index (κ3) is 4.98. The van der Waals surface area contributed by atoms with E-state index in [1.165, 1.54) is 0 Å². The summed E-state index contributed by atoms with van der Waals surface area (Å²) in [6.45, 7) is 1.77. The van der Waals surface area contributed by atoms with Crippen molar-refractivity contribution >= 4 is 44.9 Å². The standard InChI is InChI=1S/C18H13BrClN5O4/c1-10-8-13(6-7-14(10)20)29-18-15(25(27)28)16(21-9-22-18)23-24-17(26)11-2-4-12(19)5-3-11/h2-9H,1H3,(H,24,26)(H,21,22,23). The van der Waals surface area contributed by atoms with Crippen molar-refractivity contribution < 1.29 is 14.5 Å². The van der Waals surface area contributed by atoms with Gasteiger partial charge in [-0.05, 0) is 55.0 Å². The molecule has 0 bridgehead atoms. The molecule has 1 heterocycles. The van der Waals surface area contributed by atoms with Crippen LogP contribution in [0.1, 0.15) is 15.9 Å². The molecule has 1 amide bonds. The van der Waals surface area contributed by atoms with Crippen molar-refractivity contribution in [3.05, 3.63) is 79.5 Å². The largest absolute Gasteiger partial charge is 0.434 e. The number of benzene rings is 2. The predicted octanol–water partition coefficient (Wildman–Crippen LogP) is 4.66. The van der Waals surface area contributed by atoms with Crippen molar-refractivity contribution in [2.75, 3.05) is 5.43 Å². The molecule has 0 saturated carbocycles. The summed E-state index contributed by atoms with van der Waals surface area (Å²) in [5, 5.41) is 12.1. The Morgan fingerprint density at radius 3 is 2.59 bits per heavy atom. The third-order valence-electron chi connectivity index (χ3n) is 3.72. The number of hydrogen-bond acceptors (Lipinski definition) is 7. The van der Waals surface area contributed by atoms with Crippen LogP contribution in [-0.4, -0.2) is 20.8 Å². The number of aromatic nitrogens is 2. The van der Waals surface area contributed by atoms with Crippen LogP contribution in [0.15, 0.2) is 53.3 Å². The minimum Gasteiger partial charge on any atom is -0.434 e. The minimum atomic E-state index is -0.702. The highest BCUT2D eigenvalue weighted by Crippen LogP contribution is 2.34. The highest BCUT2D eigenvalue weighted by atomic mass is 79.9. The van der Waals surface area contributed by atoms with E-state index in [2.05, 4.69) is 36.7 Å². The second-order valence-electron chi connectivity index (χ2n) is 5.73. The number of hydrazine groups is 1. The fourth-order valence-corrected chi connectivity index (χ4v) is 2.66. The summed E-state index contributed by atoms with van der Waals surface area (Å²) in [6, 6.07) is 11.4. The first kappa shape index (κ1) is 20.5. The third-order valence-corrected chi connectivity index (χ3v) is 4.67. The number of nitrogens with one attached hydrogen (secondary N) is 2. The van der Waals surface area contributed by atoms with Gasteiger partial charge in [0.2, 0.25) is 5.82 Å². The lowest BCUT2D eigenvalue weighted by Crippen LogP contribution is -2.30. The second-order valence-corrected chi connectivity index (χ2v) is 7.06. The number of ether oxygens (including phenoxy) is 1. The van der Waals surface area contributed by atoms with Gasteiger partial charge in [-0.1, -0.05) is 27.5 Å². The summed E-state index contributed by atoms with van der Waals surface area (Å²) >= 11 is 9.26. The zero-order valence-electron chi connectivity index (χ0n) is 14.8. The Kier molecular flexibility index (Phi) is 6.25. The van der Waals surface area contributed by atoms with E-state index in [-0.39, 0.29) is 11.7 Å². The number of halogens is 2. The van der Waals surface area contributed by atoms with Crippen molar-refractivity contribution in [3.63, 3.8) is 0 Å². The van der Waals surface area contributed by atoms with Crippen molar-refractivity contribution in [1.82, 2.24) is 15.4 Å². The maximum atomic E-state index is 12.2. The van der Waals surface area contributed by atoms with E-state index in [0.29, 0.717) is 16.3 Å². The summed E-state index contributed by atoms with van der Waals surface area (Å²) in [6.07, 6.45) is 1.08. The zero-order chi connectivity index (χ0) is 21.0. The quantitative estimate of drug-likeness (QED) is 0.390. The van der Waals surface area contributed by atoms with Gasteiger partial charge < -0.3 is 4.74 Å². The second kappa shape index (κ2) is 8.84. The van der Waals surface area contributed by atoms with Crippen LogP contribution in [0.5, 0.6) is 11.6 Å². The van der Waals surface area contributed by atoms with Crippen LogP contribution in [-0.2, 0) is 0 Å². The maximum absolute atomic E-state index is 12.2. The molecule has 0 unspecified atom stereocenters. The minimum absolute atomic E-state index is 0.226. The number of rotatable bonds is 6.